The van der Waals surface area contributed by atoms with Crippen LogP contribution in [-0.2, 0) is 0 Å². The number of ether oxygens (including phenoxy) is 1. The Kier molecular flexibility index (Phi) is 6.79. The standard InChI is InChI=1S/C18H25ClN2O2.ClH/c1-2-11-23-16-4-3-14(19)12-15(16)17(22)21-9-6-18(7-10-21)5-8-20-13-18;/h3-4,12,20H,2,5-11,13H2,1H3;1H. The number of nitrogens with one attached hydrogen (secondary N) is 1. The van der Waals surface area contributed by atoms with E-state index in [1.165, 1.54) is 6.42 Å². The molecule has 0 saturated carbocycles. The van der Waals surface area contributed by atoms with Crippen LogP contribution in [0.3, 0.4) is 0 Å². The first-order valence-corrected chi connectivity index (χ1v) is 8.94. The summed E-state index contributed by atoms with van der Waals surface area (Å²) in [6, 6.07) is 5.31. The van der Waals surface area contributed by atoms with Gasteiger partial charge in [-0.2, -0.15) is 0 Å². The molecule has 2 heterocycles. The minimum Gasteiger partial charge on any atom is -0.493 e. The maximum absolute atomic E-state index is 12.9. The van der Waals surface area contributed by atoms with E-state index in [0.717, 1.165) is 45.4 Å². The number of nitrogens with zero attached hydrogens (tertiary/aromatic N) is 1. The molecule has 1 spiro atoms. The van der Waals surface area contributed by atoms with Gasteiger partial charge in [0, 0.05) is 24.7 Å². The van der Waals surface area contributed by atoms with Crippen LogP contribution in [0.15, 0.2) is 18.2 Å². The third-order valence-corrected chi connectivity index (χ3v) is 5.31. The van der Waals surface area contributed by atoms with Gasteiger partial charge < -0.3 is 15.0 Å². The molecule has 2 aliphatic heterocycles. The summed E-state index contributed by atoms with van der Waals surface area (Å²) in [7, 11) is 0. The van der Waals surface area contributed by atoms with Crippen molar-refractivity contribution in [3.05, 3.63) is 28.8 Å². The lowest BCUT2D eigenvalue weighted by Gasteiger charge is -2.39. The van der Waals surface area contributed by atoms with E-state index in [0.29, 0.717) is 28.4 Å². The molecule has 4 nitrogen and oxygen atoms in total. The predicted molar refractivity (Wildman–Crippen MR) is 99.5 cm³/mol. The Balaban J connectivity index is 0.00000208. The van der Waals surface area contributed by atoms with Gasteiger partial charge in [-0.05, 0) is 55.8 Å². The van der Waals surface area contributed by atoms with Gasteiger partial charge >= 0.3 is 0 Å². The van der Waals surface area contributed by atoms with Crippen LogP contribution in [0.25, 0.3) is 0 Å². The van der Waals surface area contributed by atoms with Crippen LogP contribution in [-0.4, -0.2) is 43.6 Å². The molecule has 2 aliphatic rings. The molecular formula is C18H26Cl2N2O2. The summed E-state index contributed by atoms with van der Waals surface area (Å²) >= 11 is 6.10. The van der Waals surface area contributed by atoms with E-state index in [9.17, 15) is 4.79 Å². The van der Waals surface area contributed by atoms with Crippen molar-refractivity contribution in [3.63, 3.8) is 0 Å². The normalized spacial score (nSPS) is 19.2. The maximum Gasteiger partial charge on any atom is 0.257 e. The molecule has 0 aliphatic carbocycles. The molecule has 6 heteroatoms. The van der Waals surface area contributed by atoms with E-state index in [-0.39, 0.29) is 18.3 Å². The zero-order valence-corrected chi connectivity index (χ0v) is 15.7. The first kappa shape index (κ1) is 19.4. The fraction of sp³-hybridized carbons (Fsp3) is 0.611. The van der Waals surface area contributed by atoms with Crippen molar-refractivity contribution in [2.45, 2.75) is 32.6 Å². The Labute approximate surface area is 155 Å². The van der Waals surface area contributed by atoms with Gasteiger partial charge in [0.1, 0.15) is 5.75 Å². The number of likely N-dealkylation sites (tertiary alicyclic amines) is 1. The molecule has 134 valence electrons. The zero-order valence-electron chi connectivity index (χ0n) is 14.1. The van der Waals surface area contributed by atoms with Crippen LogP contribution in [0.2, 0.25) is 5.02 Å². The molecule has 0 atom stereocenters. The van der Waals surface area contributed by atoms with Gasteiger partial charge in [-0.1, -0.05) is 18.5 Å². The second-order valence-electron chi connectivity index (χ2n) is 6.71. The average molecular weight is 373 g/mol. The molecule has 2 saturated heterocycles. The third kappa shape index (κ3) is 4.16. The fourth-order valence-electron chi connectivity index (χ4n) is 3.58. The van der Waals surface area contributed by atoms with Crippen LogP contribution in [0, 0.1) is 5.41 Å². The minimum absolute atomic E-state index is 0. The summed E-state index contributed by atoms with van der Waals surface area (Å²) in [6.07, 6.45) is 4.31. The first-order chi connectivity index (χ1) is 11.1. The molecule has 0 aromatic heterocycles. The monoisotopic (exact) mass is 372 g/mol. The van der Waals surface area contributed by atoms with Crippen molar-refractivity contribution in [2.75, 3.05) is 32.8 Å². The van der Waals surface area contributed by atoms with Crippen LogP contribution in [0.5, 0.6) is 5.75 Å². The summed E-state index contributed by atoms with van der Waals surface area (Å²) in [5, 5.41) is 4.03. The topological polar surface area (TPSA) is 41.6 Å². The first-order valence-electron chi connectivity index (χ1n) is 8.56. The summed E-state index contributed by atoms with van der Waals surface area (Å²) in [6.45, 7) is 6.50. The Bertz CT molecular complexity index is 564. The number of benzene rings is 1. The predicted octanol–water partition coefficient (Wildman–Crippen LogP) is 3.77. The summed E-state index contributed by atoms with van der Waals surface area (Å²) in [5.74, 6) is 0.684. The van der Waals surface area contributed by atoms with Gasteiger partial charge in [0.2, 0.25) is 0 Å². The molecule has 0 unspecified atom stereocenters. The second kappa shape index (κ2) is 8.41. The Morgan fingerprint density at radius 3 is 2.71 bits per heavy atom. The number of rotatable bonds is 4. The molecule has 1 aromatic carbocycles. The second-order valence-corrected chi connectivity index (χ2v) is 7.14. The van der Waals surface area contributed by atoms with Crippen LogP contribution in [0.4, 0.5) is 0 Å². The van der Waals surface area contributed by atoms with Crippen molar-refractivity contribution in [2.24, 2.45) is 5.41 Å². The lowest BCUT2D eigenvalue weighted by atomic mass is 9.78. The van der Waals surface area contributed by atoms with Gasteiger partial charge in [-0.3, -0.25) is 4.79 Å². The van der Waals surface area contributed by atoms with Crippen molar-refractivity contribution >= 4 is 29.9 Å². The highest BCUT2D eigenvalue weighted by molar-refractivity contribution is 6.31. The Hall–Kier alpha value is -0.970. The lowest BCUT2D eigenvalue weighted by molar-refractivity contribution is 0.0603. The smallest absolute Gasteiger partial charge is 0.257 e. The number of hydrogen-bond donors (Lipinski definition) is 1. The van der Waals surface area contributed by atoms with E-state index in [2.05, 4.69) is 12.2 Å². The number of carbonyl (C=O) groups is 1. The number of piperidine rings is 1. The van der Waals surface area contributed by atoms with Crippen LogP contribution in [0.1, 0.15) is 43.0 Å². The van der Waals surface area contributed by atoms with Gasteiger partial charge in [0.25, 0.3) is 5.91 Å². The molecule has 1 amide bonds. The van der Waals surface area contributed by atoms with Crippen LogP contribution >= 0.6 is 24.0 Å². The highest BCUT2D eigenvalue weighted by Gasteiger charge is 2.38. The van der Waals surface area contributed by atoms with Gasteiger partial charge in [-0.25, -0.2) is 0 Å². The number of carbonyl (C=O) groups excluding carboxylic acids is 1. The fourth-order valence-corrected chi connectivity index (χ4v) is 3.76. The third-order valence-electron chi connectivity index (χ3n) is 5.08. The Morgan fingerprint density at radius 1 is 1.33 bits per heavy atom. The molecule has 0 bridgehead atoms. The number of amides is 1. The number of halogens is 2. The molecule has 24 heavy (non-hydrogen) atoms. The van der Waals surface area contributed by atoms with E-state index in [1.54, 1.807) is 18.2 Å². The molecule has 0 radical (unpaired) electrons. The molecular weight excluding hydrogens is 347 g/mol. The van der Waals surface area contributed by atoms with Crippen molar-refractivity contribution in [3.8, 4) is 5.75 Å². The van der Waals surface area contributed by atoms with E-state index >= 15 is 0 Å². The molecule has 2 fully saturated rings. The summed E-state index contributed by atoms with van der Waals surface area (Å²) in [4.78, 5) is 14.9. The van der Waals surface area contributed by atoms with Crippen molar-refractivity contribution in [1.82, 2.24) is 10.2 Å². The van der Waals surface area contributed by atoms with Crippen molar-refractivity contribution < 1.29 is 9.53 Å². The maximum atomic E-state index is 12.9. The van der Waals surface area contributed by atoms with Gasteiger partial charge in [0.05, 0.1) is 12.2 Å². The molecule has 3 rings (SSSR count). The summed E-state index contributed by atoms with van der Waals surface area (Å²) < 4.78 is 5.73. The largest absolute Gasteiger partial charge is 0.493 e. The SMILES string of the molecule is CCCOc1ccc(Cl)cc1C(=O)N1CCC2(CCNC2)CC1.Cl. The van der Waals surface area contributed by atoms with Gasteiger partial charge in [-0.15, -0.1) is 12.4 Å². The zero-order chi connectivity index (χ0) is 16.3. The van der Waals surface area contributed by atoms with Crippen molar-refractivity contribution in [1.29, 1.82) is 0 Å². The van der Waals surface area contributed by atoms with E-state index in [1.807, 2.05) is 4.90 Å². The van der Waals surface area contributed by atoms with Gasteiger partial charge in [0.15, 0.2) is 0 Å². The average Bonchev–Trinajstić information content (AvgIpc) is 3.02. The molecule has 1 aromatic rings. The molecule has 1 N–H and O–H groups in total. The lowest BCUT2D eigenvalue weighted by Crippen LogP contribution is -2.44. The Morgan fingerprint density at radius 2 is 2.08 bits per heavy atom. The van der Waals surface area contributed by atoms with E-state index in [4.69, 9.17) is 16.3 Å². The summed E-state index contributed by atoms with van der Waals surface area (Å²) in [5.41, 5.74) is 0.999. The quantitative estimate of drug-likeness (QED) is 0.874. The highest BCUT2D eigenvalue weighted by atomic mass is 35.5. The van der Waals surface area contributed by atoms with E-state index < -0.39 is 0 Å². The van der Waals surface area contributed by atoms with Crippen LogP contribution < -0.4 is 10.1 Å². The minimum atomic E-state index is 0. The highest BCUT2D eigenvalue weighted by Crippen LogP contribution is 2.37. The number of hydrogen-bond acceptors (Lipinski definition) is 3.